The van der Waals surface area contributed by atoms with Crippen LogP contribution in [0.5, 0.6) is 0 Å². The fraction of sp³-hybridized carbons (Fsp3) is 0.571. The molecule has 1 N–H and O–H groups in total. The molecule has 0 aliphatic carbocycles. The topological polar surface area (TPSA) is 20.2 Å². The smallest absolute Gasteiger partial charge is 0.0709 e. The number of aliphatic hydroxyl groups excluding tert-OH is 1. The predicted octanol–water partition coefficient (Wildman–Crippen LogP) is 3.22. The van der Waals surface area contributed by atoms with Crippen molar-refractivity contribution in [2.75, 3.05) is 11.5 Å². The van der Waals surface area contributed by atoms with Gasteiger partial charge in [-0.25, -0.2) is 0 Å². The Balaban J connectivity index is 1.96. The molecule has 3 atom stereocenters. The number of thioether (sulfide) groups is 2. The summed E-state index contributed by atoms with van der Waals surface area (Å²) >= 11 is 3.98. The lowest BCUT2D eigenvalue weighted by Crippen LogP contribution is -2.37. The fourth-order valence-electron chi connectivity index (χ4n) is 2.27. The Morgan fingerprint density at radius 2 is 1.94 bits per heavy atom. The summed E-state index contributed by atoms with van der Waals surface area (Å²) in [6, 6.07) is 10.3. The first-order valence-corrected chi connectivity index (χ1v) is 8.36. The molecule has 1 saturated heterocycles. The Morgan fingerprint density at radius 3 is 2.65 bits per heavy atom. The number of rotatable bonds is 4. The van der Waals surface area contributed by atoms with Crippen molar-refractivity contribution >= 4 is 23.5 Å². The van der Waals surface area contributed by atoms with Crippen molar-refractivity contribution in [2.24, 2.45) is 0 Å². The predicted molar refractivity (Wildman–Crippen MR) is 78.9 cm³/mol. The number of hydrogen-bond donors (Lipinski definition) is 1. The van der Waals surface area contributed by atoms with Crippen LogP contribution in [0, 0.1) is 0 Å². The minimum atomic E-state index is -0.208. The summed E-state index contributed by atoms with van der Waals surface area (Å²) < 4.78 is 0. The molecular formula is C14H20OS2. The Morgan fingerprint density at radius 1 is 1.24 bits per heavy atom. The molecule has 1 fully saturated rings. The highest BCUT2D eigenvalue weighted by molar-refractivity contribution is 8.07. The van der Waals surface area contributed by atoms with E-state index in [9.17, 15) is 5.11 Å². The van der Waals surface area contributed by atoms with Gasteiger partial charge in [-0.2, -0.15) is 23.5 Å². The van der Waals surface area contributed by atoms with Crippen LogP contribution < -0.4 is 0 Å². The molecule has 1 aromatic carbocycles. The van der Waals surface area contributed by atoms with E-state index in [1.807, 2.05) is 41.7 Å². The second-order valence-corrected chi connectivity index (χ2v) is 7.04. The van der Waals surface area contributed by atoms with E-state index in [0.29, 0.717) is 10.5 Å². The van der Waals surface area contributed by atoms with Crippen molar-refractivity contribution in [1.29, 1.82) is 0 Å². The molecule has 1 nitrogen and oxygen atoms in total. The Kier molecular flexibility index (Phi) is 5.26. The van der Waals surface area contributed by atoms with Crippen molar-refractivity contribution in [2.45, 2.75) is 36.4 Å². The highest BCUT2D eigenvalue weighted by Gasteiger charge is 2.30. The summed E-state index contributed by atoms with van der Waals surface area (Å²) in [4.78, 5) is 0. The van der Waals surface area contributed by atoms with Crippen molar-refractivity contribution in [1.82, 2.24) is 0 Å². The van der Waals surface area contributed by atoms with Gasteiger partial charge in [-0.1, -0.05) is 37.3 Å². The maximum atomic E-state index is 10.4. The van der Waals surface area contributed by atoms with Crippen molar-refractivity contribution in [3.63, 3.8) is 0 Å². The van der Waals surface area contributed by atoms with Crippen molar-refractivity contribution in [3.05, 3.63) is 35.9 Å². The Labute approximate surface area is 112 Å². The van der Waals surface area contributed by atoms with E-state index in [-0.39, 0.29) is 6.10 Å². The summed E-state index contributed by atoms with van der Waals surface area (Å²) in [6.07, 6.45) is 1.74. The average Bonchev–Trinajstić information content (AvgIpc) is 2.40. The highest BCUT2D eigenvalue weighted by atomic mass is 32.2. The van der Waals surface area contributed by atoms with E-state index in [1.165, 1.54) is 17.1 Å². The molecule has 0 spiro atoms. The monoisotopic (exact) mass is 268 g/mol. The zero-order chi connectivity index (χ0) is 12.1. The van der Waals surface area contributed by atoms with Gasteiger partial charge in [0, 0.05) is 22.0 Å². The van der Waals surface area contributed by atoms with Crippen LogP contribution in [0.15, 0.2) is 30.3 Å². The molecule has 1 aromatic rings. The van der Waals surface area contributed by atoms with Crippen molar-refractivity contribution < 1.29 is 5.11 Å². The second kappa shape index (κ2) is 6.72. The van der Waals surface area contributed by atoms with Crippen LogP contribution in [0.1, 0.15) is 18.9 Å². The molecule has 1 aliphatic heterocycles. The van der Waals surface area contributed by atoms with Gasteiger partial charge in [0.2, 0.25) is 0 Å². The molecule has 3 unspecified atom stereocenters. The van der Waals surface area contributed by atoms with Crippen LogP contribution in [-0.2, 0) is 6.42 Å². The first kappa shape index (κ1) is 13.3. The molecular weight excluding hydrogens is 248 g/mol. The zero-order valence-corrected chi connectivity index (χ0v) is 11.8. The molecule has 0 saturated carbocycles. The van der Waals surface area contributed by atoms with E-state index in [0.717, 1.165) is 12.8 Å². The number of benzene rings is 1. The largest absolute Gasteiger partial charge is 0.392 e. The van der Waals surface area contributed by atoms with Gasteiger partial charge < -0.3 is 5.11 Å². The summed E-state index contributed by atoms with van der Waals surface area (Å²) in [6.45, 7) is 2.23. The molecule has 3 heteroatoms. The molecule has 2 rings (SSSR count). The molecule has 0 bridgehead atoms. The SMILES string of the molecule is CCC1SCCSC1C(O)Cc1ccccc1. The first-order valence-electron chi connectivity index (χ1n) is 6.26. The lowest BCUT2D eigenvalue weighted by molar-refractivity contribution is 0.169. The Hall–Kier alpha value is -0.120. The summed E-state index contributed by atoms with van der Waals surface area (Å²) in [7, 11) is 0. The second-order valence-electron chi connectivity index (χ2n) is 4.41. The van der Waals surface area contributed by atoms with Gasteiger partial charge in [0.05, 0.1) is 6.10 Å². The average molecular weight is 268 g/mol. The van der Waals surface area contributed by atoms with Crippen LogP contribution in [-0.4, -0.2) is 33.2 Å². The van der Waals surface area contributed by atoms with E-state index < -0.39 is 0 Å². The Bertz CT molecular complexity index is 328. The molecule has 0 amide bonds. The lowest BCUT2D eigenvalue weighted by atomic mass is 10.0. The maximum absolute atomic E-state index is 10.4. The summed E-state index contributed by atoms with van der Waals surface area (Å²) in [5, 5.41) is 11.4. The minimum Gasteiger partial charge on any atom is -0.392 e. The van der Waals surface area contributed by atoms with Gasteiger partial charge in [-0.05, 0) is 18.4 Å². The van der Waals surface area contributed by atoms with E-state index in [4.69, 9.17) is 0 Å². The lowest BCUT2D eigenvalue weighted by Gasteiger charge is -2.33. The fourth-order valence-corrected chi connectivity index (χ4v) is 5.41. The standard InChI is InChI=1S/C14H20OS2/c1-2-13-14(17-9-8-16-13)12(15)10-11-6-4-3-5-7-11/h3-7,12-15H,2,8-10H2,1H3. The maximum Gasteiger partial charge on any atom is 0.0709 e. The number of hydrogen-bond acceptors (Lipinski definition) is 3. The van der Waals surface area contributed by atoms with Gasteiger partial charge in [0.1, 0.15) is 0 Å². The first-order chi connectivity index (χ1) is 8.31. The van der Waals surface area contributed by atoms with Gasteiger partial charge in [0.15, 0.2) is 0 Å². The molecule has 1 heterocycles. The van der Waals surface area contributed by atoms with Gasteiger partial charge in [-0.15, -0.1) is 0 Å². The summed E-state index contributed by atoms with van der Waals surface area (Å²) in [5.41, 5.74) is 1.24. The highest BCUT2D eigenvalue weighted by Crippen LogP contribution is 2.35. The van der Waals surface area contributed by atoms with Crippen molar-refractivity contribution in [3.8, 4) is 0 Å². The van der Waals surface area contributed by atoms with Gasteiger partial charge in [-0.3, -0.25) is 0 Å². The third kappa shape index (κ3) is 3.67. The summed E-state index contributed by atoms with van der Waals surface area (Å²) in [5.74, 6) is 2.41. The molecule has 1 aliphatic rings. The third-order valence-electron chi connectivity index (χ3n) is 3.16. The van der Waals surface area contributed by atoms with Gasteiger partial charge >= 0.3 is 0 Å². The van der Waals surface area contributed by atoms with Gasteiger partial charge in [0.25, 0.3) is 0 Å². The molecule has 0 radical (unpaired) electrons. The van der Waals surface area contributed by atoms with Crippen LogP contribution in [0.3, 0.4) is 0 Å². The molecule has 0 aromatic heterocycles. The normalized spacial score (nSPS) is 26.7. The van der Waals surface area contributed by atoms with Crippen LogP contribution in [0.25, 0.3) is 0 Å². The van der Waals surface area contributed by atoms with E-state index in [1.54, 1.807) is 0 Å². The molecule has 94 valence electrons. The zero-order valence-electron chi connectivity index (χ0n) is 10.2. The van der Waals surface area contributed by atoms with E-state index in [2.05, 4.69) is 19.1 Å². The minimum absolute atomic E-state index is 0.208. The quantitative estimate of drug-likeness (QED) is 0.905. The third-order valence-corrected chi connectivity index (χ3v) is 6.55. The van der Waals surface area contributed by atoms with Crippen LogP contribution in [0.2, 0.25) is 0 Å². The van der Waals surface area contributed by atoms with Crippen LogP contribution >= 0.6 is 23.5 Å². The number of aliphatic hydroxyl groups is 1. The van der Waals surface area contributed by atoms with E-state index >= 15 is 0 Å². The molecule has 17 heavy (non-hydrogen) atoms. The van der Waals surface area contributed by atoms with Crippen LogP contribution in [0.4, 0.5) is 0 Å².